The summed E-state index contributed by atoms with van der Waals surface area (Å²) in [6.07, 6.45) is 6.98. The standard InChI is InChI=1S/C33H38FNO3/c1-3-37-26-13-14-28(23(2)21-26)33-31-8-5-4-7-29(30(31)15-16-32(33)36)24-9-11-25(12-10-24)38-27-17-20-35(22-27)19-6-18-34/h7,9-16,21,27,36H,3-6,8,17-20,22H2,1-2H3/t27-/m0/s1. The number of fused-ring (bicyclic) bond motifs is 1. The van der Waals surface area contributed by atoms with Gasteiger partial charge in [-0.2, -0.15) is 0 Å². The molecular formula is C33H38FNO3. The molecule has 1 atom stereocenters. The predicted octanol–water partition coefficient (Wildman–Crippen LogP) is 7.35. The lowest BCUT2D eigenvalue weighted by Gasteiger charge is -2.19. The first-order chi connectivity index (χ1) is 18.6. The number of alkyl halides is 1. The number of nitrogens with zero attached hydrogens (tertiary/aromatic N) is 1. The highest BCUT2D eigenvalue weighted by molar-refractivity contribution is 5.88. The first-order valence-electron chi connectivity index (χ1n) is 13.9. The highest BCUT2D eigenvalue weighted by Crippen LogP contribution is 2.43. The van der Waals surface area contributed by atoms with Crippen molar-refractivity contribution in [1.29, 1.82) is 0 Å². The van der Waals surface area contributed by atoms with Crippen LogP contribution in [0, 0.1) is 6.92 Å². The number of rotatable bonds is 9. The molecule has 38 heavy (non-hydrogen) atoms. The number of aryl methyl sites for hydroxylation is 1. The molecule has 1 aliphatic heterocycles. The zero-order valence-electron chi connectivity index (χ0n) is 22.5. The number of likely N-dealkylation sites (tertiary alicyclic amines) is 1. The second-order valence-electron chi connectivity index (χ2n) is 10.3. The van der Waals surface area contributed by atoms with Crippen molar-refractivity contribution < 1.29 is 19.0 Å². The maximum Gasteiger partial charge on any atom is 0.123 e. The topological polar surface area (TPSA) is 41.9 Å². The molecule has 3 aromatic carbocycles. The van der Waals surface area contributed by atoms with E-state index in [2.05, 4.69) is 60.4 Å². The summed E-state index contributed by atoms with van der Waals surface area (Å²) in [5.41, 5.74) is 7.78. The molecule has 0 amide bonds. The maximum atomic E-state index is 12.5. The summed E-state index contributed by atoms with van der Waals surface area (Å²) in [6.45, 7) is 7.06. The molecule has 5 rings (SSSR count). The van der Waals surface area contributed by atoms with Gasteiger partial charge in [-0.25, -0.2) is 0 Å². The lowest BCUT2D eigenvalue weighted by molar-refractivity contribution is 0.198. The normalized spacial score (nSPS) is 17.6. The Morgan fingerprint density at radius 3 is 2.58 bits per heavy atom. The van der Waals surface area contributed by atoms with Crippen molar-refractivity contribution in [2.45, 2.75) is 52.1 Å². The molecule has 0 bridgehead atoms. The van der Waals surface area contributed by atoms with Gasteiger partial charge in [-0.15, -0.1) is 0 Å². The third-order valence-corrected chi connectivity index (χ3v) is 7.64. The fraction of sp³-hybridized carbons (Fsp3) is 0.394. The van der Waals surface area contributed by atoms with Crippen LogP contribution < -0.4 is 9.47 Å². The second kappa shape index (κ2) is 12.0. The summed E-state index contributed by atoms with van der Waals surface area (Å²) >= 11 is 0. The Morgan fingerprint density at radius 1 is 1.03 bits per heavy atom. The number of phenolic OH excluding ortho intramolecular Hbond substituents is 1. The van der Waals surface area contributed by atoms with E-state index in [0.29, 0.717) is 18.8 Å². The third kappa shape index (κ3) is 5.73. The zero-order valence-corrected chi connectivity index (χ0v) is 22.5. The summed E-state index contributed by atoms with van der Waals surface area (Å²) in [5.74, 6) is 2.04. The summed E-state index contributed by atoms with van der Waals surface area (Å²) in [5, 5.41) is 11.0. The molecule has 200 valence electrons. The quantitative estimate of drug-likeness (QED) is 0.324. The molecule has 0 saturated carbocycles. The van der Waals surface area contributed by atoms with Crippen LogP contribution in [-0.4, -0.2) is 49.0 Å². The van der Waals surface area contributed by atoms with Gasteiger partial charge in [0.05, 0.1) is 13.3 Å². The van der Waals surface area contributed by atoms with Crippen LogP contribution >= 0.6 is 0 Å². The summed E-state index contributed by atoms with van der Waals surface area (Å²) in [7, 11) is 0. The van der Waals surface area contributed by atoms with Gasteiger partial charge in [-0.3, -0.25) is 9.29 Å². The van der Waals surface area contributed by atoms with Crippen molar-refractivity contribution in [1.82, 2.24) is 4.90 Å². The van der Waals surface area contributed by atoms with Crippen LogP contribution in [0.25, 0.3) is 16.7 Å². The van der Waals surface area contributed by atoms with E-state index in [4.69, 9.17) is 9.47 Å². The number of phenols is 1. The number of allylic oxidation sites excluding steroid dienone is 1. The highest BCUT2D eigenvalue weighted by Gasteiger charge is 2.24. The molecule has 1 fully saturated rings. The summed E-state index contributed by atoms with van der Waals surface area (Å²) in [4.78, 5) is 2.28. The Balaban J connectivity index is 1.40. The van der Waals surface area contributed by atoms with E-state index in [0.717, 1.165) is 79.1 Å². The molecule has 1 aliphatic carbocycles. The van der Waals surface area contributed by atoms with Crippen LogP contribution in [0.15, 0.2) is 60.7 Å². The summed E-state index contributed by atoms with van der Waals surface area (Å²) in [6, 6.07) is 18.4. The van der Waals surface area contributed by atoms with Gasteiger partial charge in [0.2, 0.25) is 0 Å². The molecular weight excluding hydrogens is 477 g/mol. The van der Waals surface area contributed by atoms with Gasteiger partial charge in [0.25, 0.3) is 0 Å². The number of hydrogen-bond donors (Lipinski definition) is 1. The number of benzene rings is 3. The molecule has 5 heteroatoms. The SMILES string of the molecule is CCOc1ccc(-c2c(O)ccc3c2CCCC=C3c2ccc(O[C@H]3CCN(CCCF)C3)cc2)c(C)c1. The van der Waals surface area contributed by atoms with Gasteiger partial charge in [0, 0.05) is 25.2 Å². The molecule has 2 aliphatic rings. The van der Waals surface area contributed by atoms with Crippen LogP contribution in [-0.2, 0) is 6.42 Å². The first-order valence-corrected chi connectivity index (χ1v) is 13.9. The number of halogens is 1. The van der Waals surface area contributed by atoms with Gasteiger partial charge in [-0.1, -0.05) is 30.3 Å². The van der Waals surface area contributed by atoms with Crippen molar-refractivity contribution in [3.63, 3.8) is 0 Å². The van der Waals surface area contributed by atoms with Crippen molar-refractivity contribution in [2.24, 2.45) is 0 Å². The molecule has 1 N–H and O–H groups in total. The van der Waals surface area contributed by atoms with Crippen LogP contribution in [0.4, 0.5) is 4.39 Å². The van der Waals surface area contributed by atoms with E-state index in [9.17, 15) is 9.50 Å². The van der Waals surface area contributed by atoms with E-state index >= 15 is 0 Å². The monoisotopic (exact) mass is 515 g/mol. The fourth-order valence-electron chi connectivity index (χ4n) is 5.81. The summed E-state index contributed by atoms with van der Waals surface area (Å²) < 4.78 is 24.5. The Hall–Kier alpha value is -3.31. The largest absolute Gasteiger partial charge is 0.507 e. The van der Waals surface area contributed by atoms with Gasteiger partial charge < -0.3 is 14.6 Å². The van der Waals surface area contributed by atoms with Gasteiger partial charge in [0.1, 0.15) is 23.4 Å². The molecule has 0 aromatic heterocycles. The van der Waals surface area contributed by atoms with Crippen LogP contribution in [0.3, 0.4) is 0 Å². The minimum atomic E-state index is -0.261. The van der Waals surface area contributed by atoms with E-state index in [1.807, 2.05) is 19.1 Å². The van der Waals surface area contributed by atoms with Crippen molar-refractivity contribution in [3.8, 4) is 28.4 Å². The highest BCUT2D eigenvalue weighted by atomic mass is 19.1. The molecule has 4 nitrogen and oxygen atoms in total. The maximum absolute atomic E-state index is 12.5. The Bertz CT molecular complexity index is 1280. The van der Waals surface area contributed by atoms with Gasteiger partial charge in [0.15, 0.2) is 0 Å². The average molecular weight is 516 g/mol. The Labute approximate surface area is 225 Å². The first kappa shape index (κ1) is 26.3. The molecule has 0 spiro atoms. The van der Waals surface area contributed by atoms with E-state index in [-0.39, 0.29) is 12.8 Å². The van der Waals surface area contributed by atoms with E-state index < -0.39 is 0 Å². The number of aromatic hydroxyl groups is 1. The van der Waals surface area contributed by atoms with Gasteiger partial charge >= 0.3 is 0 Å². The van der Waals surface area contributed by atoms with Gasteiger partial charge in [-0.05, 0) is 110 Å². The molecule has 0 unspecified atom stereocenters. The van der Waals surface area contributed by atoms with Crippen molar-refractivity contribution in [2.75, 3.05) is 32.9 Å². The van der Waals surface area contributed by atoms with Crippen LogP contribution in [0.2, 0.25) is 0 Å². The smallest absolute Gasteiger partial charge is 0.123 e. The predicted molar refractivity (Wildman–Crippen MR) is 152 cm³/mol. The second-order valence-corrected chi connectivity index (χ2v) is 10.3. The van der Waals surface area contributed by atoms with Crippen molar-refractivity contribution >= 4 is 5.57 Å². The third-order valence-electron chi connectivity index (χ3n) is 7.64. The Morgan fingerprint density at radius 2 is 1.82 bits per heavy atom. The minimum Gasteiger partial charge on any atom is -0.507 e. The lowest BCUT2D eigenvalue weighted by Crippen LogP contribution is -2.26. The van der Waals surface area contributed by atoms with Crippen molar-refractivity contribution in [3.05, 3.63) is 82.9 Å². The minimum absolute atomic E-state index is 0.154. The zero-order chi connectivity index (χ0) is 26.5. The average Bonchev–Trinajstić information content (AvgIpc) is 3.25. The lowest BCUT2D eigenvalue weighted by atomic mass is 9.86. The van der Waals surface area contributed by atoms with Crippen LogP contribution in [0.1, 0.15) is 54.9 Å². The Kier molecular flexibility index (Phi) is 8.33. The number of hydrogen-bond acceptors (Lipinski definition) is 4. The molecule has 1 heterocycles. The molecule has 3 aromatic rings. The number of ether oxygens (including phenoxy) is 2. The van der Waals surface area contributed by atoms with E-state index in [1.54, 1.807) is 0 Å². The van der Waals surface area contributed by atoms with Crippen LogP contribution in [0.5, 0.6) is 17.2 Å². The molecule has 1 saturated heterocycles. The fourth-order valence-corrected chi connectivity index (χ4v) is 5.81. The van der Waals surface area contributed by atoms with E-state index in [1.165, 1.54) is 16.7 Å². The molecule has 0 radical (unpaired) electrons.